The van der Waals surface area contributed by atoms with Gasteiger partial charge in [-0.2, -0.15) is 0 Å². The van der Waals surface area contributed by atoms with Crippen LogP contribution in [0.25, 0.3) is 0 Å². The van der Waals surface area contributed by atoms with Crippen molar-refractivity contribution in [1.29, 1.82) is 0 Å². The molecule has 6 heteroatoms. The monoisotopic (exact) mass is 821 g/mol. The Labute approximate surface area is 363 Å². The van der Waals surface area contributed by atoms with E-state index in [1.54, 1.807) is 0 Å². The lowest BCUT2D eigenvalue weighted by Gasteiger charge is -2.18. The highest BCUT2D eigenvalue weighted by molar-refractivity contribution is 5.71. The molecule has 0 bridgehead atoms. The van der Waals surface area contributed by atoms with Crippen molar-refractivity contribution in [2.75, 3.05) is 13.2 Å². The molecule has 1 atom stereocenters. The topological polar surface area (TPSA) is 78.9 Å². The SMILES string of the molecule is CC/C=C\C/C=C\C/C=C\CCCC(=O)OCC(COC(=O)CCCCCCC\C=C/C=C\C=C/CCCCCCC)OC(=O)CCCCCCC/C=C\CCCCC. The predicted octanol–water partition coefficient (Wildman–Crippen LogP) is 15.6. The van der Waals surface area contributed by atoms with Crippen LogP contribution in [0.3, 0.4) is 0 Å². The highest BCUT2D eigenvalue weighted by atomic mass is 16.6. The Morgan fingerprint density at radius 1 is 0.373 bits per heavy atom. The quantitative estimate of drug-likeness (QED) is 0.0201. The molecule has 0 aromatic rings. The Morgan fingerprint density at radius 3 is 1.29 bits per heavy atom. The second kappa shape index (κ2) is 47.3. The maximum atomic E-state index is 12.7. The smallest absolute Gasteiger partial charge is 0.306 e. The molecule has 0 amide bonds. The molecular weight excluding hydrogens is 733 g/mol. The Hall–Kier alpha value is -3.41. The van der Waals surface area contributed by atoms with Gasteiger partial charge in [0.1, 0.15) is 13.2 Å². The standard InChI is InChI=1S/C53H88O6/c1-4-7-10-13-16-19-22-24-25-26-27-28-29-32-34-37-40-43-46-52(55)58-49-50(48-57-51(54)45-42-39-36-33-30-21-18-15-12-9-6-3)59-53(56)47-44-41-38-35-31-23-20-17-14-11-8-5-2/h9,12,17-18,20-22,24-28,33,36,50H,4-8,10-11,13-16,19,23,29-32,34-35,37-49H2,1-3H3/b12-9-,20-17-,21-18-,24-22-,26-25-,28-27-,36-33-. The number of rotatable bonds is 42. The fraction of sp³-hybridized carbons (Fsp3) is 0.679. The van der Waals surface area contributed by atoms with Crippen LogP contribution in [-0.2, 0) is 28.6 Å². The number of hydrogen-bond donors (Lipinski definition) is 0. The third-order valence-electron chi connectivity index (χ3n) is 9.91. The van der Waals surface area contributed by atoms with Crippen LogP contribution < -0.4 is 0 Å². The Bertz CT molecular complexity index is 1170. The van der Waals surface area contributed by atoms with E-state index in [0.29, 0.717) is 19.3 Å². The molecular formula is C53H88O6. The summed E-state index contributed by atoms with van der Waals surface area (Å²) in [6.45, 7) is 6.39. The van der Waals surface area contributed by atoms with Crippen molar-refractivity contribution in [2.45, 2.75) is 219 Å². The van der Waals surface area contributed by atoms with E-state index >= 15 is 0 Å². The molecule has 0 aliphatic heterocycles. The lowest BCUT2D eigenvalue weighted by molar-refractivity contribution is -0.167. The molecule has 59 heavy (non-hydrogen) atoms. The maximum absolute atomic E-state index is 12.7. The Morgan fingerprint density at radius 2 is 0.746 bits per heavy atom. The van der Waals surface area contributed by atoms with Crippen molar-refractivity contribution in [3.63, 3.8) is 0 Å². The van der Waals surface area contributed by atoms with Gasteiger partial charge in [-0.15, -0.1) is 0 Å². The molecule has 0 fully saturated rings. The normalized spacial score (nSPS) is 12.8. The lowest BCUT2D eigenvalue weighted by Crippen LogP contribution is -2.30. The summed E-state index contributed by atoms with van der Waals surface area (Å²) < 4.78 is 16.7. The zero-order valence-electron chi connectivity index (χ0n) is 38.2. The molecule has 0 aliphatic carbocycles. The predicted molar refractivity (Wildman–Crippen MR) is 251 cm³/mol. The first-order valence-electron chi connectivity index (χ1n) is 24.1. The number of allylic oxidation sites excluding steroid dienone is 14. The average Bonchev–Trinajstić information content (AvgIpc) is 3.23. The largest absolute Gasteiger partial charge is 0.462 e. The molecule has 6 nitrogen and oxygen atoms in total. The van der Waals surface area contributed by atoms with E-state index in [1.807, 2.05) is 0 Å². The summed E-state index contributed by atoms with van der Waals surface area (Å²) in [7, 11) is 0. The number of hydrogen-bond acceptors (Lipinski definition) is 6. The van der Waals surface area contributed by atoms with Gasteiger partial charge in [-0.1, -0.05) is 183 Å². The highest BCUT2D eigenvalue weighted by Crippen LogP contribution is 2.12. The van der Waals surface area contributed by atoms with Crippen LogP contribution >= 0.6 is 0 Å². The fourth-order valence-corrected chi connectivity index (χ4v) is 6.28. The highest BCUT2D eigenvalue weighted by Gasteiger charge is 2.19. The van der Waals surface area contributed by atoms with Gasteiger partial charge in [0.15, 0.2) is 6.10 Å². The molecule has 0 N–H and O–H groups in total. The molecule has 0 rings (SSSR count). The van der Waals surface area contributed by atoms with E-state index < -0.39 is 6.10 Å². The summed E-state index contributed by atoms with van der Waals surface area (Å²) in [5.41, 5.74) is 0. The third-order valence-corrected chi connectivity index (χ3v) is 9.91. The van der Waals surface area contributed by atoms with Crippen LogP contribution in [0.2, 0.25) is 0 Å². The number of esters is 3. The van der Waals surface area contributed by atoms with E-state index in [1.165, 1.54) is 64.2 Å². The van der Waals surface area contributed by atoms with Gasteiger partial charge in [0, 0.05) is 19.3 Å². The Balaban J connectivity index is 4.46. The number of unbranched alkanes of at least 4 members (excludes halogenated alkanes) is 19. The van der Waals surface area contributed by atoms with Crippen molar-refractivity contribution in [1.82, 2.24) is 0 Å². The molecule has 0 saturated carbocycles. The molecule has 0 spiro atoms. The van der Waals surface area contributed by atoms with Gasteiger partial charge >= 0.3 is 17.9 Å². The van der Waals surface area contributed by atoms with Gasteiger partial charge < -0.3 is 14.2 Å². The second-order valence-electron chi connectivity index (χ2n) is 15.7. The van der Waals surface area contributed by atoms with Crippen LogP contribution in [0, 0.1) is 0 Å². The zero-order chi connectivity index (χ0) is 43.0. The third kappa shape index (κ3) is 45.5. The van der Waals surface area contributed by atoms with E-state index in [9.17, 15) is 14.4 Å². The first kappa shape index (κ1) is 55.6. The minimum atomic E-state index is -0.808. The molecule has 0 saturated heterocycles. The summed E-state index contributed by atoms with van der Waals surface area (Å²) in [5, 5.41) is 0. The van der Waals surface area contributed by atoms with E-state index in [2.05, 4.69) is 106 Å². The van der Waals surface area contributed by atoms with Crippen molar-refractivity contribution < 1.29 is 28.6 Å². The number of carbonyl (C=O) groups is 3. The zero-order valence-corrected chi connectivity index (χ0v) is 38.2. The van der Waals surface area contributed by atoms with Crippen molar-refractivity contribution in [2.24, 2.45) is 0 Å². The van der Waals surface area contributed by atoms with E-state index in [4.69, 9.17) is 14.2 Å². The first-order valence-corrected chi connectivity index (χ1v) is 24.1. The molecule has 1 unspecified atom stereocenters. The van der Waals surface area contributed by atoms with Gasteiger partial charge in [0.05, 0.1) is 0 Å². The Kier molecular flexibility index (Phi) is 44.5. The van der Waals surface area contributed by atoms with Crippen LogP contribution in [0.15, 0.2) is 85.1 Å². The van der Waals surface area contributed by atoms with E-state index in [0.717, 1.165) is 103 Å². The van der Waals surface area contributed by atoms with E-state index in [-0.39, 0.29) is 37.5 Å². The second-order valence-corrected chi connectivity index (χ2v) is 15.7. The molecule has 0 heterocycles. The molecule has 0 aromatic carbocycles. The van der Waals surface area contributed by atoms with Gasteiger partial charge in [-0.25, -0.2) is 0 Å². The lowest BCUT2D eigenvalue weighted by atomic mass is 10.1. The van der Waals surface area contributed by atoms with Gasteiger partial charge in [-0.3, -0.25) is 14.4 Å². The molecule has 0 aromatic heterocycles. The molecule has 0 aliphatic rings. The first-order chi connectivity index (χ1) is 29.0. The number of carbonyl (C=O) groups excluding carboxylic acids is 3. The van der Waals surface area contributed by atoms with Crippen LogP contribution in [-0.4, -0.2) is 37.2 Å². The average molecular weight is 821 g/mol. The van der Waals surface area contributed by atoms with Gasteiger partial charge in [0.2, 0.25) is 0 Å². The van der Waals surface area contributed by atoms with Crippen molar-refractivity contribution in [3.05, 3.63) is 85.1 Å². The van der Waals surface area contributed by atoms with Crippen LogP contribution in [0.1, 0.15) is 213 Å². The van der Waals surface area contributed by atoms with Crippen molar-refractivity contribution >= 4 is 17.9 Å². The summed E-state index contributed by atoms with van der Waals surface area (Å²) in [4.78, 5) is 37.8. The summed E-state index contributed by atoms with van der Waals surface area (Å²) >= 11 is 0. The minimum absolute atomic E-state index is 0.107. The van der Waals surface area contributed by atoms with Gasteiger partial charge in [-0.05, 0) is 96.3 Å². The van der Waals surface area contributed by atoms with Crippen LogP contribution in [0.4, 0.5) is 0 Å². The maximum Gasteiger partial charge on any atom is 0.306 e. The molecule has 336 valence electrons. The fourth-order valence-electron chi connectivity index (χ4n) is 6.28. The number of ether oxygens (including phenoxy) is 3. The van der Waals surface area contributed by atoms with Gasteiger partial charge in [0.25, 0.3) is 0 Å². The summed E-state index contributed by atoms with van der Waals surface area (Å²) in [5.74, 6) is -0.997. The van der Waals surface area contributed by atoms with Crippen molar-refractivity contribution in [3.8, 4) is 0 Å². The minimum Gasteiger partial charge on any atom is -0.462 e. The molecule has 0 radical (unpaired) electrons. The summed E-state index contributed by atoms with van der Waals surface area (Å²) in [6.07, 6.45) is 60.0. The van der Waals surface area contributed by atoms with Crippen LogP contribution in [0.5, 0.6) is 0 Å². The summed E-state index contributed by atoms with van der Waals surface area (Å²) in [6, 6.07) is 0.